The van der Waals surface area contributed by atoms with Gasteiger partial charge in [0.1, 0.15) is 5.82 Å². The van der Waals surface area contributed by atoms with Crippen LogP contribution in [0.1, 0.15) is 5.69 Å². The van der Waals surface area contributed by atoms with Gasteiger partial charge in [-0.05, 0) is 18.2 Å². The molecule has 6 heteroatoms. The lowest BCUT2D eigenvalue weighted by atomic mass is 10.2. The molecule has 96 valence electrons. The highest BCUT2D eigenvalue weighted by Gasteiger charge is 2.06. The van der Waals surface area contributed by atoms with Crippen molar-refractivity contribution in [2.24, 2.45) is 7.05 Å². The molecular weight excluding hydrogens is 240 g/mol. The lowest BCUT2D eigenvalue weighted by molar-refractivity contribution is 0.720. The number of nitrogens with zero attached hydrogens (tertiary/aromatic N) is 4. The van der Waals surface area contributed by atoms with E-state index in [1.54, 1.807) is 6.20 Å². The van der Waals surface area contributed by atoms with E-state index in [-0.39, 0.29) is 5.95 Å². The minimum atomic E-state index is 0.270. The van der Waals surface area contributed by atoms with Crippen molar-refractivity contribution < 1.29 is 0 Å². The molecule has 3 N–H and O–H groups in total. The van der Waals surface area contributed by atoms with Gasteiger partial charge in [0.15, 0.2) is 0 Å². The Bertz CT molecular complexity index is 718. The quantitative estimate of drug-likeness (QED) is 0.741. The van der Waals surface area contributed by atoms with Crippen LogP contribution in [0.5, 0.6) is 0 Å². The summed E-state index contributed by atoms with van der Waals surface area (Å²) in [5.41, 5.74) is 7.63. The number of aromatic nitrogens is 4. The normalized spacial score (nSPS) is 10.8. The Labute approximate surface area is 110 Å². The fourth-order valence-electron chi connectivity index (χ4n) is 1.98. The fourth-order valence-corrected chi connectivity index (χ4v) is 1.98. The summed E-state index contributed by atoms with van der Waals surface area (Å²) in [7, 11) is 1.91. The Morgan fingerprint density at radius 1 is 1.21 bits per heavy atom. The van der Waals surface area contributed by atoms with Crippen LogP contribution in [0, 0.1) is 0 Å². The number of fused-ring (bicyclic) bond motifs is 1. The molecule has 0 amide bonds. The summed E-state index contributed by atoms with van der Waals surface area (Å²) in [6.45, 7) is 0.636. The van der Waals surface area contributed by atoms with Gasteiger partial charge in [0.25, 0.3) is 0 Å². The third kappa shape index (κ3) is 2.20. The molecule has 0 radical (unpaired) electrons. The first-order chi connectivity index (χ1) is 9.24. The minimum absolute atomic E-state index is 0.270. The third-order valence-corrected chi connectivity index (χ3v) is 2.98. The zero-order valence-corrected chi connectivity index (χ0v) is 10.5. The van der Waals surface area contributed by atoms with Crippen molar-refractivity contribution in [3.05, 3.63) is 42.2 Å². The van der Waals surface area contributed by atoms with Gasteiger partial charge in [-0.3, -0.25) is 4.68 Å². The molecule has 0 spiro atoms. The molecule has 0 atom stereocenters. The molecule has 1 aromatic carbocycles. The second-order valence-electron chi connectivity index (χ2n) is 4.25. The van der Waals surface area contributed by atoms with Crippen LogP contribution in [-0.4, -0.2) is 19.7 Å². The predicted octanol–water partition coefficient (Wildman–Crippen LogP) is 1.56. The smallest absolute Gasteiger partial charge is 0.222 e. The Morgan fingerprint density at radius 2 is 2.05 bits per heavy atom. The summed E-state index contributed by atoms with van der Waals surface area (Å²) in [5, 5.41) is 8.37. The lowest BCUT2D eigenvalue weighted by Gasteiger charge is -2.09. The molecule has 2 heterocycles. The summed E-state index contributed by atoms with van der Waals surface area (Å²) >= 11 is 0. The van der Waals surface area contributed by atoms with Crippen molar-refractivity contribution in [3.8, 4) is 0 Å². The minimum Gasteiger partial charge on any atom is -0.368 e. The molecule has 0 aliphatic carbocycles. The largest absolute Gasteiger partial charge is 0.368 e. The SMILES string of the molecule is Cn1nccc1CNc1nc(N)nc2ccccc12. The van der Waals surface area contributed by atoms with Crippen molar-refractivity contribution >= 4 is 22.7 Å². The summed E-state index contributed by atoms with van der Waals surface area (Å²) in [6.07, 6.45) is 1.77. The number of hydrogen-bond donors (Lipinski definition) is 2. The number of aryl methyl sites for hydroxylation is 1. The highest BCUT2D eigenvalue weighted by Crippen LogP contribution is 2.21. The summed E-state index contributed by atoms with van der Waals surface area (Å²) in [4.78, 5) is 8.46. The van der Waals surface area contributed by atoms with Gasteiger partial charge in [-0.1, -0.05) is 12.1 Å². The van der Waals surface area contributed by atoms with E-state index in [9.17, 15) is 0 Å². The van der Waals surface area contributed by atoms with Crippen LogP contribution < -0.4 is 11.1 Å². The molecule has 0 aliphatic heterocycles. The first-order valence-corrected chi connectivity index (χ1v) is 5.97. The maximum atomic E-state index is 5.72. The number of nitrogens with two attached hydrogens (primary N) is 1. The summed E-state index contributed by atoms with van der Waals surface area (Å²) in [6, 6.07) is 9.74. The van der Waals surface area contributed by atoms with E-state index in [0.717, 1.165) is 22.4 Å². The lowest BCUT2D eigenvalue weighted by Crippen LogP contribution is -2.08. The molecule has 0 aliphatic rings. The second kappa shape index (κ2) is 4.56. The van der Waals surface area contributed by atoms with Crippen LogP contribution in [0.2, 0.25) is 0 Å². The van der Waals surface area contributed by atoms with Gasteiger partial charge in [-0.2, -0.15) is 10.1 Å². The Balaban J connectivity index is 1.94. The van der Waals surface area contributed by atoms with E-state index in [1.807, 2.05) is 42.1 Å². The van der Waals surface area contributed by atoms with E-state index in [1.165, 1.54) is 0 Å². The number of hydrogen-bond acceptors (Lipinski definition) is 5. The average Bonchev–Trinajstić information content (AvgIpc) is 2.81. The van der Waals surface area contributed by atoms with Gasteiger partial charge in [-0.15, -0.1) is 0 Å². The van der Waals surface area contributed by atoms with Crippen molar-refractivity contribution in [1.29, 1.82) is 0 Å². The first kappa shape index (κ1) is 11.5. The maximum absolute atomic E-state index is 5.72. The predicted molar refractivity (Wildman–Crippen MR) is 74.5 cm³/mol. The summed E-state index contributed by atoms with van der Waals surface area (Å²) < 4.78 is 1.82. The molecule has 0 saturated heterocycles. The number of nitrogens with one attached hydrogen (secondary N) is 1. The van der Waals surface area contributed by atoms with Crippen molar-refractivity contribution in [1.82, 2.24) is 19.7 Å². The Kier molecular flexibility index (Phi) is 2.75. The third-order valence-electron chi connectivity index (χ3n) is 2.98. The van der Waals surface area contributed by atoms with E-state index >= 15 is 0 Å². The second-order valence-corrected chi connectivity index (χ2v) is 4.25. The van der Waals surface area contributed by atoms with Gasteiger partial charge in [0, 0.05) is 18.6 Å². The molecule has 6 nitrogen and oxygen atoms in total. The maximum Gasteiger partial charge on any atom is 0.222 e. The standard InChI is InChI=1S/C13H14N6/c1-19-9(6-7-16-19)8-15-12-10-4-2-3-5-11(10)17-13(14)18-12/h2-7H,8H2,1H3,(H3,14,15,17,18). The van der Waals surface area contributed by atoms with Crippen molar-refractivity contribution in [2.45, 2.75) is 6.54 Å². The molecule has 2 aromatic heterocycles. The Morgan fingerprint density at radius 3 is 2.84 bits per heavy atom. The van der Waals surface area contributed by atoms with Crippen molar-refractivity contribution in [3.63, 3.8) is 0 Å². The van der Waals surface area contributed by atoms with Crippen LogP contribution in [0.25, 0.3) is 10.9 Å². The molecule has 3 rings (SSSR count). The zero-order chi connectivity index (χ0) is 13.2. The Hall–Kier alpha value is -2.63. The van der Waals surface area contributed by atoms with Gasteiger partial charge in [-0.25, -0.2) is 4.98 Å². The number of anilines is 2. The number of para-hydroxylation sites is 1. The van der Waals surface area contributed by atoms with E-state index < -0.39 is 0 Å². The van der Waals surface area contributed by atoms with Crippen LogP contribution in [0.15, 0.2) is 36.5 Å². The number of nitrogen functional groups attached to an aromatic ring is 1. The van der Waals surface area contributed by atoms with Gasteiger partial charge in [0.2, 0.25) is 5.95 Å². The molecule has 0 bridgehead atoms. The molecule has 3 aromatic rings. The average molecular weight is 254 g/mol. The van der Waals surface area contributed by atoms with Crippen molar-refractivity contribution in [2.75, 3.05) is 11.1 Å². The topological polar surface area (TPSA) is 81.7 Å². The first-order valence-electron chi connectivity index (χ1n) is 5.97. The molecule has 0 unspecified atom stereocenters. The molecule has 0 fully saturated rings. The number of benzene rings is 1. The monoisotopic (exact) mass is 254 g/mol. The van der Waals surface area contributed by atoms with Gasteiger partial charge in [0.05, 0.1) is 17.8 Å². The van der Waals surface area contributed by atoms with E-state index in [2.05, 4.69) is 20.4 Å². The molecular formula is C13H14N6. The van der Waals surface area contributed by atoms with Crippen LogP contribution >= 0.6 is 0 Å². The van der Waals surface area contributed by atoms with E-state index in [0.29, 0.717) is 6.54 Å². The highest BCUT2D eigenvalue weighted by molar-refractivity contribution is 5.89. The van der Waals surface area contributed by atoms with E-state index in [4.69, 9.17) is 5.73 Å². The number of rotatable bonds is 3. The van der Waals surface area contributed by atoms with Gasteiger partial charge >= 0.3 is 0 Å². The van der Waals surface area contributed by atoms with Crippen LogP contribution in [-0.2, 0) is 13.6 Å². The highest BCUT2D eigenvalue weighted by atomic mass is 15.3. The molecule has 0 saturated carbocycles. The fraction of sp³-hybridized carbons (Fsp3) is 0.154. The van der Waals surface area contributed by atoms with Crippen LogP contribution in [0.4, 0.5) is 11.8 Å². The van der Waals surface area contributed by atoms with Gasteiger partial charge < -0.3 is 11.1 Å². The molecule has 19 heavy (non-hydrogen) atoms. The summed E-state index contributed by atoms with van der Waals surface area (Å²) in [5.74, 6) is 1.01. The van der Waals surface area contributed by atoms with Crippen LogP contribution in [0.3, 0.4) is 0 Å². The zero-order valence-electron chi connectivity index (χ0n) is 10.5.